The molecule has 60 valence electrons. The van der Waals surface area contributed by atoms with E-state index in [0.29, 0.717) is 5.95 Å². The van der Waals surface area contributed by atoms with Crippen LogP contribution >= 0.6 is 0 Å². The molecule has 2 rings (SSSR count). The van der Waals surface area contributed by atoms with Crippen LogP contribution in [0.2, 0.25) is 0 Å². The average molecular weight is 159 g/mol. The molecule has 0 aliphatic carbocycles. The molecular formula is C9H9N3. The molecule has 12 heavy (non-hydrogen) atoms. The van der Waals surface area contributed by atoms with Gasteiger partial charge in [0.15, 0.2) is 0 Å². The van der Waals surface area contributed by atoms with Crippen LogP contribution in [0.1, 0.15) is 0 Å². The number of fused-ring (bicyclic) bond motifs is 1. The van der Waals surface area contributed by atoms with Crippen LogP contribution in [0.4, 0.5) is 5.95 Å². The predicted molar refractivity (Wildman–Crippen MR) is 50.5 cm³/mol. The van der Waals surface area contributed by atoms with Crippen molar-refractivity contribution >= 4 is 23.2 Å². The minimum atomic E-state index is 0.478. The lowest BCUT2D eigenvalue weighted by Crippen LogP contribution is -1.94. The maximum atomic E-state index is 5.64. The summed E-state index contributed by atoms with van der Waals surface area (Å²) in [4.78, 5) is 4.15. The average Bonchev–Trinajstić information content (AvgIpc) is 2.40. The summed E-state index contributed by atoms with van der Waals surface area (Å²) in [6.07, 6.45) is 1.66. The normalized spacial score (nSPS) is 10.3. The highest BCUT2D eigenvalue weighted by Crippen LogP contribution is 2.16. The van der Waals surface area contributed by atoms with Gasteiger partial charge in [-0.05, 0) is 12.1 Å². The fourth-order valence-electron chi connectivity index (χ4n) is 1.25. The van der Waals surface area contributed by atoms with Crippen LogP contribution in [0, 0.1) is 0 Å². The van der Waals surface area contributed by atoms with E-state index in [-0.39, 0.29) is 0 Å². The molecule has 2 aromatic rings. The first-order chi connectivity index (χ1) is 5.83. The lowest BCUT2D eigenvalue weighted by atomic mass is 10.3. The van der Waals surface area contributed by atoms with Gasteiger partial charge in [-0.15, -0.1) is 0 Å². The van der Waals surface area contributed by atoms with Gasteiger partial charge in [-0.2, -0.15) is 0 Å². The summed E-state index contributed by atoms with van der Waals surface area (Å²) in [6, 6.07) is 7.76. The molecule has 0 aliphatic heterocycles. The SMILES string of the molecule is C=Cn1c(N)nc2ccccc21. The second-order valence-corrected chi connectivity index (χ2v) is 2.51. The van der Waals surface area contributed by atoms with Crippen molar-refractivity contribution in [2.24, 2.45) is 0 Å². The highest BCUT2D eigenvalue weighted by atomic mass is 15.1. The molecule has 0 fully saturated rings. The first kappa shape index (κ1) is 6.91. The van der Waals surface area contributed by atoms with Crippen molar-refractivity contribution < 1.29 is 0 Å². The number of rotatable bonds is 1. The minimum absolute atomic E-state index is 0.478. The fraction of sp³-hybridized carbons (Fsp3) is 0. The number of anilines is 1. The van der Waals surface area contributed by atoms with Crippen molar-refractivity contribution in [3.63, 3.8) is 0 Å². The number of aromatic nitrogens is 2. The number of nitrogens with two attached hydrogens (primary N) is 1. The molecule has 1 aromatic carbocycles. The van der Waals surface area contributed by atoms with Gasteiger partial charge in [0.1, 0.15) is 0 Å². The zero-order valence-electron chi connectivity index (χ0n) is 6.57. The smallest absolute Gasteiger partial charge is 0.205 e. The molecule has 1 aromatic heterocycles. The van der Waals surface area contributed by atoms with E-state index in [1.165, 1.54) is 0 Å². The third-order valence-electron chi connectivity index (χ3n) is 1.81. The summed E-state index contributed by atoms with van der Waals surface area (Å²) < 4.78 is 1.76. The minimum Gasteiger partial charge on any atom is -0.369 e. The largest absolute Gasteiger partial charge is 0.369 e. The Labute approximate surface area is 70.1 Å². The number of hydrogen-bond acceptors (Lipinski definition) is 2. The molecule has 0 amide bonds. The molecule has 2 N–H and O–H groups in total. The number of imidazole rings is 1. The van der Waals surface area contributed by atoms with E-state index in [1.807, 2.05) is 24.3 Å². The van der Waals surface area contributed by atoms with E-state index in [1.54, 1.807) is 10.8 Å². The molecule has 0 aliphatic rings. The number of nitrogen functional groups attached to an aromatic ring is 1. The van der Waals surface area contributed by atoms with Crippen molar-refractivity contribution in [3.05, 3.63) is 30.8 Å². The van der Waals surface area contributed by atoms with Crippen LogP contribution in [0.25, 0.3) is 17.2 Å². The zero-order valence-corrected chi connectivity index (χ0v) is 6.57. The molecule has 0 bridgehead atoms. The lowest BCUT2D eigenvalue weighted by molar-refractivity contribution is 1.20. The molecule has 3 nitrogen and oxygen atoms in total. The van der Waals surface area contributed by atoms with E-state index >= 15 is 0 Å². The molecule has 0 radical (unpaired) electrons. The monoisotopic (exact) mass is 159 g/mol. The summed E-state index contributed by atoms with van der Waals surface area (Å²) in [6.45, 7) is 3.66. The quantitative estimate of drug-likeness (QED) is 0.688. The van der Waals surface area contributed by atoms with Gasteiger partial charge in [-0.3, -0.25) is 4.57 Å². The van der Waals surface area contributed by atoms with E-state index in [0.717, 1.165) is 11.0 Å². The van der Waals surface area contributed by atoms with Crippen LogP contribution < -0.4 is 5.73 Å². The van der Waals surface area contributed by atoms with Gasteiger partial charge in [0.25, 0.3) is 0 Å². The van der Waals surface area contributed by atoms with Gasteiger partial charge >= 0.3 is 0 Å². The van der Waals surface area contributed by atoms with Crippen molar-refractivity contribution in [1.82, 2.24) is 9.55 Å². The fourth-order valence-corrected chi connectivity index (χ4v) is 1.25. The maximum Gasteiger partial charge on any atom is 0.205 e. The van der Waals surface area contributed by atoms with Crippen molar-refractivity contribution in [2.75, 3.05) is 5.73 Å². The molecule has 0 unspecified atom stereocenters. The van der Waals surface area contributed by atoms with Gasteiger partial charge in [-0.1, -0.05) is 18.7 Å². The van der Waals surface area contributed by atoms with E-state index in [9.17, 15) is 0 Å². The molecule has 3 heteroatoms. The Bertz CT molecular complexity index is 428. The maximum absolute atomic E-state index is 5.64. The second-order valence-electron chi connectivity index (χ2n) is 2.51. The topological polar surface area (TPSA) is 43.8 Å². The van der Waals surface area contributed by atoms with Gasteiger partial charge in [0.05, 0.1) is 11.0 Å². The summed E-state index contributed by atoms with van der Waals surface area (Å²) in [7, 11) is 0. The number of nitrogens with zero attached hydrogens (tertiary/aromatic N) is 2. The van der Waals surface area contributed by atoms with Gasteiger partial charge in [0.2, 0.25) is 5.95 Å². The van der Waals surface area contributed by atoms with Crippen molar-refractivity contribution in [2.45, 2.75) is 0 Å². The van der Waals surface area contributed by atoms with E-state index in [2.05, 4.69) is 11.6 Å². The summed E-state index contributed by atoms with van der Waals surface area (Å²) in [5.74, 6) is 0.478. The van der Waals surface area contributed by atoms with Crippen LogP contribution in [0.15, 0.2) is 30.8 Å². The van der Waals surface area contributed by atoms with Crippen molar-refractivity contribution in [3.8, 4) is 0 Å². The van der Waals surface area contributed by atoms with Crippen LogP contribution in [0.3, 0.4) is 0 Å². The van der Waals surface area contributed by atoms with Crippen LogP contribution in [-0.2, 0) is 0 Å². The first-order valence-electron chi connectivity index (χ1n) is 3.68. The third kappa shape index (κ3) is 0.797. The van der Waals surface area contributed by atoms with E-state index < -0.39 is 0 Å². The summed E-state index contributed by atoms with van der Waals surface area (Å²) in [5, 5.41) is 0. The van der Waals surface area contributed by atoms with Gasteiger partial charge < -0.3 is 5.73 Å². The first-order valence-corrected chi connectivity index (χ1v) is 3.68. The molecule has 0 saturated carbocycles. The molecule has 0 spiro atoms. The highest BCUT2D eigenvalue weighted by Gasteiger charge is 2.02. The molecule has 0 atom stereocenters. The van der Waals surface area contributed by atoms with Crippen LogP contribution in [0.5, 0.6) is 0 Å². The van der Waals surface area contributed by atoms with Gasteiger partial charge in [0, 0.05) is 6.20 Å². The Morgan fingerprint density at radius 1 is 1.42 bits per heavy atom. The Balaban J connectivity index is 2.90. The van der Waals surface area contributed by atoms with E-state index in [4.69, 9.17) is 5.73 Å². The second kappa shape index (κ2) is 2.37. The Morgan fingerprint density at radius 3 is 2.92 bits per heavy atom. The zero-order chi connectivity index (χ0) is 8.55. The number of para-hydroxylation sites is 2. The Kier molecular flexibility index (Phi) is 1.37. The molecule has 0 saturated heterocycles. The number of benzene rings is 1. The molecular weight excluding hydrogens is 150 g/mol. The summed E-state index contributed by atoms with van der Waals surface area (Å²) in [5.41, 5.74) is 7.53. The Hall–Kier alpha value is -1.77. The Morgan fingerprint density at radius 2 is 2.17 bits per heavy atom. The standard InChI is InChI=1S/C9H9N3/c1-2-12-8-6-4-3-5-7(8)11-9(12)10/h2-6H,1H2,(H2,10,11). The third-order valence-corrected chi connectivity index (χ3v) is 1.81. The molecule has 1 heterocycles. The lowest BCUT2D eigenvalue weighted by Gasteiger charge is -1.95. The van der Waals surface area contributed by atoms with Crippen molar-refractivity contribution in [1.29, 1.82) is 0 Å². The van der Waals surface area contributed by atoms with Gasteiger partial charge in [-0.25, -0.2) is 4.98 Å². The highest BCUT2D eigenvalue weighted by molar-refractivity contribution is 5.80. The summed E-state index contributed by atoms with van der Waals surface area (Å²) >= 11 is 0. The predicted octanol–water partition coefficient (Wildman–Crippen LogP) is 1.72. The number of hydrogen-bond donors (Lipinski definition) is 1. The van der Waals surface area contributed by atoms with Crippen LogP contribution in [-0.4, -0.2) is 9.55 Å².